The van der Waals surface area contributed by atoms with Gasteiger partial charge in [-0.25, -0.2) is 9.59 Å². The summed E-state index contributed by atoms with van der Waals surface area (Å²) in [4.78, 5) is 37.1. The van der Waals surface area contributed by atoms with Gasteiger partial charge in [0.15, 0.2) is 6.79 Å². The van der Waals surface area contributed by atoms with Crippen LogP contribution in [0.4, 0.5) is 17.1 Å². The quantitative estimate of drug-likeness (QED) is 0.313. The number of anilines is 3. The molecule has 0 aliphatic carbocycles. The lowest BCUT2D eigenvalue weighted by molar-refractivity contribution is -0.160. The van der Waals surface area contributed by atoms with Crippen LogP contribution in [0.3, 0.4) is 0 Å². The van der Waals surface area contributed by atoms with Crippen LogP contribution in [0.2, 0.25) is 0 Å². The van der Waals surface area contributed by atoms with Crippen molar-refractivity contribution < 1.29 is 23.5 Å². The number of nitrogens with zero attached hydrogens (tertiary/aromatic N) is 1. The third-order valence-electron chi connectivity index (χ3n) is 3.97. The highest BCUT2D eigenvalue weighted by atomic mass is 16.7. The van der Waals surface area contributed by atoms with E-state index in [1.54, 1.807) is 42.3 Å². The van der Waals surface area contributed by atoms with Crippen LogP contribution in [0.1, 0.15) is 0 Å². The molecule has 28 heavy (non-hydrogen) atoms. The Balaban J connectivity index is 1.87. The van der Waals surface area contributed by atoms with Crippen LogP contribution >= 0.6 is 0 Å². The molecule has 0 fully saturated rings. The summed E-state index contributed by atoms with van der Waals surface area (Å²) in [7, 11) is 3.13. The number of hydrogen-bond donors (Lipinski definition) is 1. The fourth-order valence-electron chi connectivity index (χ4n) is 2.66. The highest BCUT2D eigenvalue weighted by Gasteiger charge is 2.16. The van der Waals surface area contributed by atoms with Crippen molar-refractivity contribution in [2.75, 3.05) is 31.2 Å². The molecule has 0 atom stereocenters. The predicted octanol–water partition coefficient (Wildman–Crippen LogP) is 2.65. The highest BCUT2D eigenvalue weighted by Crippen LogP contribution is 2.30. The second-order valence-corrected chi connectivity index (χ2v) is 5.85. The Morgan fingerprint density at radius 3 is 2.68 bits per heavy atom. The van der Waals surface area contributed by atoms with Gasteiger partial charge in [0.05, 0.1) is 5.69 Å². The topological polar surface area (TPSA) is 98.1 Å². The number of benzene rings is 2. The molecule has 144 valence electrons. The van der Waals surface area contributed by atoms with Gasteiger partial charge in [-0.3, -0.25) is 4.79 Å². The van der Waals surface area contributed by atoms with Gasteiger partial charge in [-0.15, -0.1) is 0 Å². The molecule has 3 rings (SSSR count). The molecule has 0 spiro atoms. The van der Waals surface area contributed by atoms with Crippen molar-refractivity contribution in [3.8, 4) is 0 Å². The Hall–Kier alpha value is -3.65. The predicted molar refractivity (Wildman–Crippen MR) is 104 cm³/mol. The van der Waals surface area contributed by atoms with Crippen LogP contribution in [0, 0.1) is 0 Å². The summed E-state index contributed by atoms with van der Waals surface area (Å²) in [6, 6.07) is 15.4. The first-order valence-electron chi connectivity index (χ1n) is 8.33. The summed E-state index contributed by atoms with van der Waals surface area (Å²) in [6.45, 7) is -0.307. The minimum absolute atomic E-state index is 0.307. The van der Waals surface area contributed by atoms with E-state index in [1.807, 2.05) is 18.2 Å². The summed E-state index contributed by atoms with van der Waals surface area (Å²) in [5.41, 5.74) is 1.75. The Morgan fingerprint density at radius 2 is 1.89 bits per heavy atom. The van der Waals surface area contributed by atoms with E-state index in [4.69, 9.17) is 4.42 Å². The zero-order valence-corrected chi connectivity index (χ0v) is 15.3. The second kappa shape index (κ2) is 8.36. The van der Waals surface area contributed by atoms with Gasteiger partial charge >= 0.3 is 17.5 Å². The first-order chi connectivity index (χ1) is 13.5. The number of fused-ring (bicyclic) bond motifs is 1. The third-order valence-corrected chi connectivity index (χ3v) is 3.97. The van der Waals surface area contributed by atoms with E-state index < -0.39 is 17.5 Å². The molecular weight excluding hydrogens is 364 g/mol. The van der Waals surface area contributed by atoms with E-state index in [2.05, 4.69) is 14.8 Å². The number of amides is 1. The number of nitrogens with one attached hydrogen (secondary N) is 1. The first kappa shape index (κ1) is 19.1. The van der Waals surface area contributed by atoms with Crippen molar-refractivity contribution in [1.29, 1.82) is 0 Å². The second-order valence-electron chi connectivity index (χ2n) is 5.85. The largest absolute Gasteiger partial charge is 0.431 e. The molecule has 0 bridgehead atoms. The SMILES string of the molecule is COCOC(=O)C(=O)Nc1cccc(N(C)c2cc(=O)oc3ccccc23)c1. The van der Waals surface area contributed by atoms with E-state index >= 15 is 0 Å². The number of methoxy groups -OCH3 is 1. The molecule has 0 aliphatic heterocycles. The van der Waals surface area contributed by atoms with Crippen molar-refractivity contribution in [1.82, 2.24) is 0 Å². The molecular formula is C20H18N2O6. The van der Waals surface area contributed by atoms with Crippen molar-refractivity contribution in [2.45, 2.75) is 0 Å². The molecule has 0 saturated heterocycles. The van der Waals surface area contributed by atoms with Crippen molar-refractivity contribution in [2.24, 2.45) is 0 Å². The molecule has 3 aromatic rings. The Bertz CT molecular complexity index is 1080. The summed E-state index contributed by atoms with van der Waals surface area (Å²) >= 11 is 0. The number of para-hydroxylation sites is 1. The fraction of sp³-hybridized carbons (Fsp3) is 0.150. The first-order valence-corrected chi connectivity index (χ1v) is 8.33. The summed E-state index contributed by atoms with van der Waals surface area (Å²) in [5, 5.41) is 3.24. The van der Waals surface area contributed by atoms with Crippen LogP contribution < -0.4 is 15.8 Å². The number of ether oxygens (including phenoxy) is 2. The molecule has 1 amide bonds. The number of carbonyl (C=O) groups excluding carboxylic acids is 2. The molecule has 1 N–H and O–H groups in total. The van der Waals surface area contributed by atoms with Crippen molar-refractivity contribution in [3.63, 3.8) is 0 Å². The van der Waals surface area contributed by atoms with Crippen LogP contribution in [0.15, 0.2) is 63.8 Å². The number of esters is 1. The van der Waals surface area contributed by atoms with Crippen LogP contribution in [0.5, 0.6) is 0 Å². The van der Waals surface area contributed by atoms with Gasteiger partial charge in [0.2, 0.25) is 0 Å². The van der Waals surface area contributed by atoms with Gasteiger partial charge in [0.1, 0.15) is 5.58 Å². The van der Waals surface area contributed by atoms with Crippen molar-refractivity contribution in [3.05, 3.63) is 65.0 Å². The van der Waals surface area contributed by atoms with E-state index in [0.717, 1.165) is 5.39 Å². The van der Waals surface area contributed by atoms with Gasteiger partial charge in [-0.05, 0) is 30.3 Å². The normalized spacial score (nSPS) is 10.5. The monoisotopic (exact) mass is 382 g/mol. The smallest absolute Gasteiger partial charge is 0.399 e. The zero-order valence-electron chi connectivity index (χ0n) is 15.3. The third kappa shape index (κ3) is 4.18. The van der Waals surface area contributed by atoms with Crippen LogP contribution in [0.25, 0.3) is 11.0 Å². The highest BCUT2D eigenvalue weighted by molar-refractivity contribution is 6.37. The minimum Gasteiger partial charge on any atom is -0.431 e. The molecule has 8 nitrogen and oxygen atoms in total. The van der Waals surface area contributed by atoms with Crippen LogP contribution in [-0.4, -0.2) is 32.8 Å². The Labute approximate surface area is 160 Å². The maximum atomic E-state index is 11.9. The lowest BCUT2D eigenvalue weighted by atomic mass is 10.1. The van der Waals surface area contributed by atoms with E-state index in [9.17, 15) is 14.4 Å². The number of hydrogen-bond acceptors (Lipinski definition) is 7. The van der Waals surface area contributed by atoms with Gasteiger partial charge in [-0.2, -0.15) is 0 Å². The van der Waals surface area contributed by atoms with Crippen LogP contribution in [-0.2, 0) is 19.1 Å². The Morgan fingerprint density at radius 1 is 1.11 bits per heavy atom. The van der Waals surface area contributed by atoms with E-state index in [0.29, 0.717) is 22.6 Å². The standard InChI is InChI=1S/C20H18N2O6/c1-22(16-11-18(23)28-17-9-4-3-8-15(16)17)14-7-5-6-13(10-14)21-19(24)20(25)27-12-26-2/h3-11H,12H2,1-2H3,(H,21,24). The molecule has 8 heteroatoms. The van der Waals surface area contributed by atoms with E-state index in [-0.39, 0.29) is 6.79 Å². The molecule has 0 unspecified atom stereocenters. The molecule has 1 heterocycles. The maximum Gasteiger partial charge on any atom is 0.399 e. The average Bonchev–Trinajstić information content (AvgIpc) is 2.70. The van der Waals surface area contributed by atoms with Crippen molar-refractivity contribution >= 4 is 39.9 Å². The maximum absolute atomic E-state index is 11.9. The lowest BCUT2D eigenvalue weighted by Gasteiger charge is -2.21. The number of carbonyl (C=O) groups is 2. The summed E-state index contributed by atoms with van der Waals surface area (Å²) < 4.78 is 14.4. The molecule has 0 aliphatic rings. The van der Waals surface area contributed by atoms with Gasteiger partial charge in [-0.1, -0.05) is 18.2 Å². The molecule has 0 saturated carbocycles. The fourth-order valence-corrected chi connectivity index (χ4v) is 2.66. The Kier molecular flexibility index (Phi) is 5.71. The molecule has 0 radical (unpaired) electrons. The van der Waals surface area contributed by atoms with Gasteiger partial charge in [0.25, 0.3) is 0 Å². The molecule has 1 aromatic heterocycles. The average molecular weight is 382 g/mol. The summed E-state index contributed by atoms with van der Waals surface area (Å²) in [6.07, 6.45) is 0. The van der Waals surface area contributed by atoms with E-state index in [1.165, 1.54) is 13.2 Å². The van der Waals surface area contributed by atoms with Gasteiger partial charge < -0.3 is 24.1 Å². The lowest BCUT2D eigenvalue weighted by Crippen LogP contribution is -2.25. The summed E-state index contributed by atoms with van der Waals surface area (Å²) in [5.74, 6) is -1.96. The number of rotatable bonds is 5. The minimum atomic E-state index is -1.05. The van der Waals surface area contributed by atoms with Gasteiger partial charge in [0, 0.05) is 37.0 Å². The molecule has 2 aromatic carbocycles. The zero-order chi connectivity index (χ0) is 20.1.